The Hall–Kier alpha value is -2.45. The molecule has 0 N–H and O–H groups in total. The molecule has 2 aromatic carbocycles. The summed E-state index contributed by atoms with van der Waals surface area (Å²) < 4.78 is 60.3. The van der Waals surface area contributed by atoms with Crippen molar-refractivity contribution in [3.63, 3.8) is 0 Å². The molecule has 0 amide bonds. The molecule has 0 spiro atoms. The van der Waals surface area contributed by atoms with Crippen molar-refractivity contribution in [3.05, 3.63) is 72.3 Å². The zero-order chi connectivity index (χ0) is 23.0. The van der Waals surface area contributed by atoms with E-state index in [9.17, 15) is 21.6 Å². The Morgan fingerprint density at radius 2 is 1.44 bits per heavy atom. The van der Waals surface area contributed by atoms with Gasteiger partial charge in [-0.05, 0) is 43.5 Å². The number of allylic oxidation sites excluding steroid dienone is 1. The van der Waals surface area contributed by atoms with Gasteiger partial charge in [0, 0.05) is 5.57 Å². The van der Waals surface area contributed by atoms with Gasteiger partial charge in [-0.1, -0.05) is 62.2 Å². The summed E-state index contributed by atoms with van der Waals surface area (Å²) in [5.41, 5.74) is 0.163. The molecule has 1 heterocycles. The number of carbonyl (C=O) groups excluding carboxylic acids is 1. The number of carbonyl (C=O) groups is 1. The van der Waals surface area contributed by atoms with E-state index in [2.05, 4.69) is 0 Å². The van der Waals surface area contributed by atoms with Crippen molar-refractivity contribution in [2.24, 2.45) is 5.92 Å². The fourth-order valence-electron chi connectivity index (χ4n) is 4.89. The van der Waals surface area contributed by atoms with Crippen LogP contribution in [0.2, 0.25) is 0 Å². The van der Waals surface area contributed by atoms with E-state index in [-0.39, 0.29) is 28.2 Å². The van der Waals surface area contributed by atoms with Crippen LogP contribution in [-0.2, 0) is 29.2 Å². The van der Waals surface area contributed by atoms with Gasteiger partial charge in [0.1, 0.15) is 6.10 Å². The molecule has 32 heavy (non-hydrogen) atoms. The molecule has 170 valence electrons. The van der Waals surface area contributed by atoms with Crippen molar-refractivity contribution in [2.45, 2.75) is 59.0 Å². The topological polar surface area (TPSA) is 94.6 Å². The number of sulfone groups is 2. The molecule has 1 saturated heterocycles. The first-order chi connectivity index (χ1) is 15.3. The Labute approximate surface area is 189 Å². The first kappa shape index (κ1) is 22.7. The zero-order valence-electron chi connectivity index (χ0n) is 17.8. The van der Waals surface area contributed by atoms with Gasteiger partial charge in [0.15, 0.2) is 23.8 Å². The normalized spacial score (nSPS) is 22.7. The molecule has 1 aliphatic heterocycles. The first-order valence-electron chi connectivity index (χ1n) is 10.8. The highest BCUT2D eigenvalue weighted by molar-refractivity contribution is 8.10. The monoisotopic (exact) mass is 474 g/mol. The minimum Gasteiger partial charge on any atom is -0.458 e. The van der Waals surface area contributed by atoms with E-state index >= 15 is 0 Å². The van der Waals surface area contributed by atoms with Crippen LogP contribution in [0.25, 0.3) is 0 Å². The molecule has 2 atom stereocenters. The van der Waals surface area contributed by atoms with Crippen LogP contribution < -0.4 is 0 Å². The van der Waals surface area contributed by atoms with Gasteiger partial charge in [-0.3, -0.25) is 0 Å². The number of ether oxygens (including phenoxy) is 1. The Bertz CT molecular complexity index is 1160. The summed E-state index contributed by atoms with van der Waals surface area (Å²) in [6.45, 7) is 1.98. The highest BCUT2D eigenvalue weighted by atomic mass is 32.3. The lowest BCUT2D eigenvalue weighted by Gasteiger charge is -2.41. The summed E-state index contributed by atoms with van der Waals surface area (Å²) in [6.07, 6.45) is 2.75. The zero-order valence-corrected chi connectivity index (χ0v) is 19.4. The van der Waals surface area contributed by atoms with E-state index in [1.54, 1.807) is 42.5 Å². The summed E-state index contributed by atoms with van der Waals surface area (Å²) in [5, 5.41) is 0. The van der Waals surface area contributed by atoms with E-state index in [1.165, 1.54) is 24.3 Å². The second kappa shape index (κ2) is 8.48. The number of hydrogen-bond acceptors (Lipinski definition) is 6. The van der Waals surface area contributed by atoms with E-state index in [0.29, 0.717) is 12.8 Å². The van der Waals surface area contributed by atoms with Crippen molar-refractivity contribution >= 4 is 25.6 Å². The first-order valence-corrected chi connectivity index (χ1v) is 13.7. The average Bonchev–Trinajstić information content (AvgIpc) is 3.14. The molecule has 1 aliphatic carbocycles. The molecule has 0 unspecified atom stereocenters. The van der Waals surface area contributed by atoms with Crippen LogP contribution in [0.1, 0.15) is 39.0 Å². The summed E-state index contributed by atoms with van der Waals surface area (Å²) in [6, 6.07) is 15.3. The lowest BCUT2D eigenvalue weighted by molar-refractivity contribution is -0.139. The van der Waals surface area contributed by atoms with Crippen molar-refractivity contribution in [2.75, 3.05) is 0 Å². The third-order valence-corrected chi connectivity index (χ3v) is 12.2. The molecule has 0 saturated carbocycles. The summed E-state index contributed by atoms with van der Waals surface area (Å²) in [7, 11) is -8.85. The van der Waals surface area contributed by atoms with Gasteiger partial charge >= 0.3 is 5.97 Å². The molecule has 8 heteroatoms. The molecule has 0 bridgehead atoms. The molecule has 2 aromatic rings. The van der Waals surface area contributed by atoms with E-state index in [1.807, 2.05) is 6.92 Å². The van der Waals surface area contributed by atoms with Gasteiger partial charge in [0.2, 0.25) is 0 Å². The second-order valence-corrected chi connectivity index (χ2v) is 12.9. The van der Waals surface area contributed by atoms with Gasteiger partial charge in [0.25, 0.3) is 0 Å². The molecule has 0 aromatic heterocycles. The maximum absolute atomic E-state index is 14.2. The summed E-state index contributed by atoms with van der Waals surface area (Å²) in [5.74, 6) is -1.71. The van der Waals surface area contributed by atoms with Crippen molar-refractivity contribution in [1.82, 2.24) is 0 Å². The maximum atomic E-state index is 14.2. The number of rotatable bonds is 7. The third kappa shape index (κ3) is 3.31. The number of esters is 1. The Balaban J connectivity index is 2.03. The van der Waals surface area contributed by atoms with Crippen LogP contribution in [0.4, 0.5) is 0 Å². The van der Waals surface area contributed by atoms with Gasteiger partial charge in [-0.25, -0.2) is 21.6 Å². The van der Waals surface area contributed by atoms with E-state index in [4.69, 9.17) is 4.74 Å². The summed E-state index contributed by atoms with van der Waals surface area (Å²) in [4.78, 5) is 12.6. The van der Waals surface area contributed by atoms with Crippen LogP contribution in [0, 0.1) is 5.92 Å². The largest absolute Gasteiger partial charge is 0.458 e. The highest BCUT2D eigenvalue weighted by Gasteiger charge is 2.67. The molecule has 6 nitrogen and oxygen atoms in total. The number of fused-ring (bicyclic) bond motifs is 1. The van der Waals surface area contributed by atoms with Crippen LogP contribution in [0.15, 0.2) is 82.1 Å². The van der Waals surface area contributed by atoms with Gasteiger partial charge in [-0.15, -0.1) is 0 Å². The Morgan fingerprint density at radius 3 is 1.94 bits per heavy atom. The predicted molar refractivity (Wildman–Crippen MR) is 120 cm³/mol. The van der Waals surface area contributed by atoms with Gasteiger partial charge in [0.05, 0.1) is 15.7 Å². The number of hydrogen-bond donors (Lipinski definition) is 0. The fourth-order valence-corrected chi connectivity index (χ4v) is 10.5. The van der Waals surface area contributed by atoms with Crippen LogP contribution in [0.5, 0.6) is 0 Å². The minimum atomic E-state index is -4.43. The van der Waals surface area contributed by atoms with Crippen LogP contribution in [0.3, 0.4) is 0 Å². The molecule has 2 aliphatic rings. The molecular weight excluding hydrogens is 448 g/mol. The quantitative estimate of drug-likeness (QED) is 0.561. The number of benzene rings is 2. The van der Waals surface area contributed by atoms with Gasteiger partial charge < -0.3 is 4.74 Å². The van der Waals surface area contributed by atoms with Crippen molar-refractivity contribution in [1.29, 1.82) is 0 Å². The molecule has 0 radical (unpaired) electrons. The smallest absolute Gasteiger partial charge is 0.334 e. The predicted octanol–water partition coefficient (Wildman–Crippen LogP) is 4.08. The molecular formula is C24H26O6S2. The number of cyclic esters (lactones) is 1. The van der Waals surface area contributed by atoms with E-state index in [0.717, 1.165) is 6.42 Å². The van der Waals surface area contributed by atoms with Crippen molar-refractivity contribution < 1.29 is 26.4 Å². The third-order valence-electron chi connectivity index (χ3n) is 6.39. The van der Waals surface area contributed by atoms with Crippen LogP contribution in [-0.4, -0.2) is 33.0 Å². The minimum absolute atomic E-state index is 0.0747. The fraction of sp³-hybridized carbons (Fsp3) is 0.375. The molecule has 1 fully saturated rings. The lowest BCUT2D eigenvalue weighted by atomic mass is 9.83. The Kier molecular flexibility index (Phi) is 6.02. The van der Waals surface area contributed by atoms with Crippen LogP contribution >= 0.6 is 0 Å². The second-order valence-electron chi connectivity index (χ2n) is 8.21. The Morgan fingerprint density at radius 1 is 0.906 bits per heavy atom. The highest BCUT2D eigenvalue weighted by Crippen LogP contribution is 2.54. The van der Waals surface area contributed by atoms with Crippen molar-refractivity contribution in [3.8, 4) is 0 Å². The number of unbranched alkanes of at least 4 members (excludes halogenated alkanes) is 1. The van der Waals surface area contributed by atoms with E-state index < -0.39 is 41.7 Å². The maximum Gasteiger partial charge on any atom is 0.334 e. The standard InChI is InChI=1S/C24H26O6S2/c1-2-3-16-21-22-20(23(25)30-21)15-10-17-24(22,31(26,27)18-11-6-4-7-12-18)32(28,29)19-13-8-5-9-14-19/h4-9,11-15,21-22H,2-3,10,16-17H2,1H3/t21-,22+/m0/s1. The average molecular weight is 475 g/mol. The van der Waals surface area contributed by atoms with Gasteiger partial charge in [-0.2, -0.15) is 0 Å². The SMILES string of the molecule is CCCC[C@@H]1OC(=O)C2=CCCC(S(=O)(=O)c3ccccc3)(S(=O)(=O)c3ccccc3)[C@H]21. The lowest BCUT2D eigenvalue weighted by Crippen LogP contribution is -2.56. The molecule has 4 rings (SSSR count). The summed E-state index contributed by atoms with van der Waals surface area (Å²) >= 11 is 0.